The molecule has 1 heteroatoms. The lowest BCUT2D eigenvalue weighted by atomic mass is 9.72. The van der Waals surface area contributed by atoms with Crippen LogP contribution in [0.25, 0.3) is 0 Å². The molecule has 0 aromatic carbocycles. The van der Waals surface area contributed by atoms with Crippen molar-refractivity contribution in [2.45, 2.75) is 80.1 Å². The van der Waals surface area contributed by atoms with Gasteiger partial charge in [0, 0.05) is 0 Å². The van der Waals surface area contributed by atoms with Crippen LogP contribution in [0, 0.1) is 11.3 Å². The summed E-state index contributed by atoms with van der Waals surface area (Å²) in [5.41, 5.74) is 5.80. The summed E-state index contributed by atoms with van der Waals surface area (Å²) in [6, 6.07) is 0. The average molecular weight is 337 g/mol. The van der Waals surface area contributed by atoms with Crippen LogP contribution >= 0.6 is 11.8 Å². The van der Waals surface area contributed by atoms with Crippen LogP contribution in [0.1, 0.15) is 80.1 Å². The Bertz CT molecular complexity index is 410. The molecule has 134 valence electrons. The van der Waals surface area contributed by atoms with Crippen LogP contribution < -0.4 is 0 Å². The van der Waals surface area contributed by atoms with Crippen LogP contribution in [0.3, 0.4) is 0 Å². The van der Waals surface area contributed by atoms with Gasteiger partial charge >= 0.3 is 0 Å². The minimum atomic E-state index is 0.410. The molecule has 0 aliphatic rings. The molecule has 0 fully saturated rings. The van der Waals surface area contributed by atoms with Gasteiger partial charge in [0.2, 0.25) is 0 Å². The van der Waals surface area contributed by atoms with E-state index in [-0.39, 0.29) is 0 Å². The van der Waals surface area contributed by atoms with Crippen molar-refractivity contribution in [1.29, 1.82) is 0 Å². The van der Waals surface area contributed by atoms with Gasteiger partial charge in [0.05, 0.1) is 0 Å². The van der Waals surface area contributed by atoms with E-state index in [0.717, 1.165) is 12.8 Å². The first-order chi connectivity index (χ1) is 10.8. The van der Waals surface area contributed by atoms with Crippen LogP contribution in [0.15, 0.2) is 35.5 Å². The van der Waals surface area contributed by atoms with Crippen LogP contribution in [0.5, 0.6) is 0 Å². The summed E-state index contributed by atoms with van der Waals surface area (Å²) < 4.78 is 0. The molecule has 0 nitrogen and oxygen atoms in total. The molecule has 1 unspecified atom stereocenters. The van der Waals surface area contributed by atoms with Gasteiger partial charge in [0.1, 0.15) is 0 Å². The Morgan fingerprint density at radius 3 is 2.04 bits per heavy atom. The summed E-state index contributed by atoms with van der Waals surface area (Å²) in [5, 5.41) is 0. The summed E-state index contributed by atoms with van der Waals surface area (Å²) >= 11 is 1.97. The van der Waals surface area contributed by atoms with Gasteiger partial charge in [-0.15, -0.1) is 0 Å². The highest BCUT2D eigenvalue weighted by Crippen LogP contribution is 2.42. The zero-order chi connectivity index (χ0) is 18.0. The first-order valence-corrected chi connectivity index (χ1v) is 10.7. The smallest absolute Gasteiger partial charge is 0.00649 e. The quantitative estimate of drug-likeness (QED) is 0.327. The van der Waals surface area contributed by atoms with Gasteiger partial charge in [0.15, 0.2) is 0 Å². The Morgan fingerprint density at radius 1 is 1.09 bits per heavy atom. The lowest BCUT2D eigenvalue weighted by Crippen LogP contribution is -2.22. The number of thioether (sulfide) groups is 1. The third kappa shape index (κ3) is 7.33. The minimum Gasteiger partial charge on any atom is -0.165 e. The monoisotopic (exact) mass is 336 g/mol. The van der Waals surface area contributed by atoms with Crippen molar-refractivity contribution in [3.8, 4) is 0 Å². The van der Waals surface area contributed by atoms with Crippen LogP contribution in [-0.2, 0) is 0 Å². The van der Waals surface area contributed by atoms with Gasteiger partial charge < -0.3 is 0 Å². The summed E-state index contributed by atoms with van der Waals surface area (Å²) in [7, 11) is 0. The highest BCUT2D eigenvalue weighted by molar-refractivity contribution is 7.98. The van der Waals surface area contributed by atoms with Crippen molar-refractivity contribution in [1.82, 2.24) is 0 Å². The molecule has 0 radical (unpaired) electrons. The van der Waals surface area contributed by atoms with Crippen molar-refractivity contribution < 1.29 is 0 Å². The second-order valence-electron chi connectivity index (χ2n) is 7.33. The fourth-order valence-corrected chi connectivity index (χ4v) is 3.74. The van der Waals surface area contributed by atoms with E-state index in [4.69, 9.17) is 0 Å². The molecule has 0 rings (SSSR count). The van der Waals surface area contributed by atoms with Crippen molar-refractivity contribution in [3.63, 3.8) is 0 Å². The van der Waals surface area contributed by atoms with Gasteiger partial charge in [-0.1, -0.05) is 71.3 Å². The molecule has 23 heavy (non-hydrogen) atoms. The fourth-order valence-electron chi connectivity index (χ4n) is 3.10. The van der Waals surface area contributed by atoms with E-state index in [2.05, 4.69) is 61.0 Å². The van der Waals surface area contributed by atoms with Gasteiger partial charge in [-0.25, -0.2) is 0 Å². The van der Waals surface area contributed by atoms with Gasteiger partial charge in [-0.2, -0.15) is 11.8 Å². The SMILES string of the molecule is C=C(C)/C(C)=C(\CC(CC)(CC)CCSC)C(=C)CC(C)CC. The molecule has 0 aliphatic heterocycles. The number of allylic oxidation sites excluding steroid dienone is 4. The van der Waals surface area contributed by atoms with Crippen LogP contribution in [0.2, 0.25) is 0 Å². The van der Waals surface area contributed by atoms with E-state index in [9.17, 15) is 0 Å². The summed E-state index contributed by atoms with van der Waals surface area (Å²) in [4.78, 5) is 0. The van der Waals surface area contributed by atoms with Crippen molar-refractivity contribution in [2.24, 2.45) is 11.3 Å². The lowest BCUT2D eigenvalue weighted by molar-refractivity contribution is 0.250. The van der Waals surface area contributed by atoms with Crippen molar-refractivity contribution in [3.05, 3.63) is 35.5 Å². The molecule has 0 saturated heterocycles. The fraction of sp³-hybridized carbons (Fsp3) is 0.727. The molecule has 0 aromatic rings. The molecular weight excluding hydrogens is 296 g/mol. The van der Waals surface area contributed by atoms with Gasteiger partial charge in [0.25, 0.3) is 0 Å². The molecule has 0 bridgehead atoms. The Kier molecular flexibility index (Phi) is 11.0. The predicted molar refractivity (Wildman–Crippen MR) is 111 cm³/mol. The molecule has 1 atom stereocenters. The highest BCUT2D eigenvalue weighted by Gasteiger charge is 2.28. The van der Waals surface area contributed by atoms with E-state index in [1.54, 1.807) is 0 Å². The third-order valence-corrected chi connectivity index (χ3v) is 6.31. The Hall–Kier alpha value is -0.430. The minimum absolute atomic E-state index is 0.410. The molecule has 0 amide bonds. The Morgan fingerprint density at radius 2 is 1.65 bits per heavy atom. The maximum Gasteiger partial charge on any atom is -0.00649 e. The first kappa shape index (κ1) is 22.6. The van der Waals surface area contributed by atoms with E-state index in [1.807, 2.05) is 11.8 Å². The van der Waals surface area contributed by atoms with Gasteiger partial charge in [-0.3, -0.25) is 0 Å². The van der Waals surface area contributed by atoms with Crippen LogP contribution in [0.4, 0.5) is 0 Å². The van der Waals surface area contributed by atoms with Crippen molar-refractivity contribution in [2.75, 3.05) is 12.0 Å². The maximum absolute atomic E-state index is 4.48. The molecule has 0 heterocycles. The number of hydrogen-bond donors (Lipinski definition) is 0. The topological polar surface area (TPSA) is 0 Å². The molecule has 0 aromatic heterocycles. The zero-order valence-electron chi connectivity index (χ0n) is 16.8. The van der Waals surface area contributed by atoms with Gasteiger partial charge in [-0.05, 0) is 67.6 Å². The standard InChI is InChI=1S/C22H40S/c1-10-18(6)15-19(7)21(20(8)17(4)5)16-22(11-2,12-3)13-14-23-9/h18H,4,7,10-16H2,1-3,5-6,8-9H3/b21-20+. The molecule has 0 spiro atoms. The maximum atomic E-state index is 4.48. The summed E-state index contributed by atoms with van der Waals surface area (Å²) in [6.07, 6.45) is 9.49. The summed E-state index contributed by atoms with van der Waals surface area (Å²) in [6.45, 7) is 22.4. The molecule has 0 N–H and O–H groups in total. The molecular formula is C22H40S. The second kappa shape index (κ2) is 11.2. The second-order valence-corrected chi connectivity index (χ2v) is 8.32. The Labute approximate surface area is 150 Å². The third-order valence-electron chi connectivity index (χ3n) is 5.70. The van der Waals surface area contributed by atoms with Crippen molar-refractivity contribution >= 4 is 11.8 Å². The Balaban J connectivity index is 5.56. The molecule has 0 saturated carbocycles. The highest BCUT2D eigenvalue weighted by atomic mass is 32.2. The van der Waals surface area contributed by atoms with E-state index in [1.165, 1.54) is 53.7 Å². The summed E-state index contributed by atoms with van der Waals surface area (Å²) in [5.74, 6) is 1.96. The normalized spacial score (nSPS) is 14.4. The lowest BCUT2D eigenvalue weighted by Gasteiger charge is -2.34. The van der Waals surface area contributed by atoms with E-state index in [0.29, 0.717) is 11.3 Å². The van der Waals surface area contributed by atoms with Crippen LogP contribution in [-0.4, -0.2) is 12.0 Å². The first-order valence-electron chi connectivity index (χ1n) is 9.29. The number of hydrogen-bond acceptors (Lipinski definition) is 1. The molecule has 0 aliphatic carbocycles. The zero-order valence-corrected chi connectivity index (χ0v) is 17.7. The van der Waals surface area contributed by atoms with E-state index < -0.39 is 0 Å². The largest absolute Gasteiger partial charge is 0.165 e. The number of rotatable bonds is 12. The van der Waals surface area contributed by atoms with E-state index >= 15 is 0 Å². The predicted octanol–water partition coefficient (Wildman–Crippen LogP) is 7.82. The average Bonchev–Trinajstić information content (AvgIpc) is 2.54.